The van der Waals surface area contributed by atoms with E-state index in [0.717, 1.165) is 51.4 Å². The number of unbranched alkanes of at least 4 members (excludes halogenated alkanes) is 53. The van der Waals surface area contributed by atoms with E-state index < -0.39 is 0 Å². The molecule has 0 N–H and O–H groups in total. The number of ether oxygens (including phenoxy) is 6. The number of carbonyl (C=O) groups is 4. The van der Waals surface area contributed by atoms with Crippen molar-refractivity contribution in [2.45, 2.75) is 433 Å². The molecular weight excluding hydrogens is 1200 g/mol. The van der Waals surface area contributed by atoms with E-state index in [4.69, 9.17) is 28.4 Å². The second-order valence-electron chi connectivity index (χ2n) is 26.8. The van der Waals surface area contributed by atoms with Crippen LogP contribution >= 0.6 is 21.6 Å². The Morgan fingerprint density at radius 1 is 0.204 bits per heavy atom. The van der Waals surface area contributed by atoms with Gasteiger partial charge in [-0.25, -0.2) is 0 Å². The molecule has 0 rings (SSSR count). The molecule has 0 unspecified atom stereocenters. The van der Waals surface area contributed by atoms with Crippen LogP contribution in [0.1, 0.15) is 433 Å². The molecule has 0 aromatic heterocycles. The second-order valence-corrected chi connectivity index (χ2v) is 29.5. The quantitative estimate of drug-likeness (QED) is 0.0249. The third-order valence-electron chi connectivity index (χ3n) is 17.6. The maximum Gasteiger partial charge on any atom is 0.305 e. The first-order valence-corrected chi connectivity index (χ1v) is 43.5. The fraction of sp³-hybridized carbons (Fsp3) is 0.951. The second kappa shape index (κ2) is 90.5. The van der Waals surface area contributed by atoms with E-state index in [1.165, 1.54) is 327 Å². The highest BCUT2D eigenvalue weighted by atomic mass is 33.1. The maximum absolute atomic E-state index is 11.9. The lowest BCUT2D eigenvalue weighted by Gasteiger charge is -2.07. The molecule has 0 aromatic carbocycles. The van der Waals surface area contributed by atoms with E-state index in [1.54, 1.807) is 0 Å². The molecule has 0 aromatic rings. The Morgan fingerprint density at radius 2 is 0.355 bits per heavy atom. The maximum atomic E-state index is 11.9. The van der Waals surface area contributed by atoms with Crippen LogP contribution in [-0.2, 0) is 47.6 Å². The van der Waals surface area contributed by atoms with Crippen molar-refractivity contribution < 1.29 is 47.6 Å². The summed E-state index contributed by atoms with van der Waals surface area (Å²) in [5.41, 5.74) is 0. The molecule has 10 nitrogen and oxygen atoms in total. The van der Waals surface area contributed by atoms with E-state index >= 15 is 0 Å². The Morgan fingerprint density at radius 3 is 0.516 bits per heavy atom. The summed E-state index contributed by atoms with van der Waals surface area (Å²) in [6, 6.07) is 0. The van der Waals surface area contributed by atoms with E-state index in [2.05, 4.69) is 40.9 Å². The van der Waals surface area contributed by atoms with Gasteiger partial charge in [-0.3, -0.25) is 19.2 Å². The zero-order valence-electron chi connectivity index (χ0n) is 63.1. The normalized spacial score (nSPS) is 11.1. The molecule has 0 heterocycles. The van der Waals surface area contributed by atoms with Gasteiger partial charge < -0.3 is 28.4 Å². The van der Waals surface area contributed by atoms with Crippen LogP contribution < -0.4 is 0 Å². The summed E-state index contributed by atoms with van der Waals surface area (Å²) in [5, 5.41) is 0. The van der Waals surface area contributed by atoms with Gasteiger partial charge in [-0.15, -0.1) is 0 Å². The molecule has 0 spiro atoms. The SMILES string of the molecule is CCCCCCCCCCCC(=O)OCCOCCOC(=O)CCCCCCCCCCC.CCCCCCCCCCCCCCCCCC(=O)OCCOCCOC(=O)CCCCCCCCCCCCCCCCC.CCCCCCCCCCCCSSC. The molecule has 0 fully saturated rings. The molecule has 0 radical (unpaired) electrons. The Balaban J connectivity index is -0.00000147. The summed E-state index contributed by atoms with van der Waals surface area (Å²) >= 11 is 0. The summed E-state index contributed by atoms with van der Waals surface area (Å²) in [4.78, 5) is 47.2. The highest BCUT2D eigenvalue weighted by Gasteiger charge is 2.08. The first kappa shape index (κ1) is 95.7. The summed E-state index contributed by atoms with van der Waals surface area (Å²) in [7, 11) is 3.90. The molecule has 12 heteroatoms. The fourth-order valence-electron chi connectivity index (χ4n) is 11.5. The zero-order chi connectivity index (χ0) is 68.2. The van der Waals surface area contributed by atoms with Crippen molar-refractivity contribution in [3.05, 3.63) is 0 Å². The molecular formula is C81H160O10S2. The summed E-state index contributed by atoms with van der Waals surface area (Å²) < 4.78 is 31.7. The van der Waals surface area contributed by atoms with Gasteiger partial charge >= 0.3 is 23.9 Å². The number of rotatable bonds is 76. The number of carbonyl (C=O) groups excluding carboxylic acids is 4. The van der Waals surface area contributed by atoms with Crippen molar-refractivity contribution in [2.75, 3.05) is 64.9 Å². The van der Waals surface area contributed by atoms with E-state index in [0.29, 0.717) is 52.1 Å². The summed E-state index contributed by atoms with van der Waals surface area (Å²) in [6.45, 7) is 13.8. The minimum absolute atomic E-state index is 0.136. The van der Waals surface area contributed by atoms with Crippen molar-refractivity contribution in [3.63, 3.8) is 0 Å². The van der Waals surface area contributed by atoms with Gasteiger partial charge in [0.05, 0.1) is 26.4 Å². The molecule has 0 aliphatic carbocycles. The molecule has 93 heavy (non-hydrogen) atoms. The number of hydrogen-bond donors (Lipinski definition) is 0. The van der Waals surface area contributed by atoms with Crippen molar-refractivity contribution in [3.8, 4) is 0 Å². The Bertz CT molecular complexity index is 1320. The molecule has 0 bridgehead atoms. The molecule has 0 saturated heterocycles. The van der Waals surface area contributed by atoms with Crippen LogP contribution in [0.3, 0.4) is 0 Å². The van der Waals surface area contributed by atoms with Gasteiger partial charge in [-0.1, -0.05) is 397 Å². The lowest BCUT2D eigenvalue weighted by atomic mass is 10.0. The average Bonchev–Trinajstić information content (AvgIpc) is 3.59. The van der Waals surface area contributed by atoms with Gasteiger partial charge in [-0.05, 0) is 38.4 Å². The summed E-state index contributed by atoms with van der Waals surface area (Å²) in [6.07, 6.45) is 80.5. The van der Waals surface area contributed by atoms with Crippen LogP contribution in [0.25, 0.3) is 0 Å². The van der Waals surface area contributed by atoms with Gasteiger partial charge in [0.25, 0.3) is 0 Å². The summed E-state index contributed by atoms with van der Waals surface area (Å²) in [5.74, 6) is 0.784. The van der Waals surface area contributed by atoms with Gasteiger partial charge in [-0.2, -0.15) is 0 Å². The average molecular weight is 1360 g/mol. The van der Waals surface area contributed by atoms with Gasteiger partial charge in [0.1, 0.15) is 26.4 Å². The predicted molar refractivity (Wildman–Crippen MR) is 406 cm³/mol. The van der Waals surface area contributed by atoms with Crippen LogP contribution in [0.5, 0.6) is 0 Å². The third kappa shape index (κ3) is 94.7. The Labute approximate surface area is 587 Å². The highest BCUT2D eigenvalue weighted by Crippen LogP contribution is 2.21. The van der Waals surface area contributed by atoms with Gasteiger partial charge in [0.15, 0.2) is 0 Å². The third-order valence-corrected chi connectivity index (χ3v) is 19.5. The first-order valence-electron chi connectivity index (χ1n) is 40.8. The zero-order valence-corrected chi connectivity index (χ0v) is 64.7. The number of esters is 4. The monoisotopic (exact) mass is 1360 g/mol. The highest BCUT2D eigenvalue weighted by molar-refractivity contribution is 8.76. The van der Waals surface area contributed by atoms with Gasteiger partial charge in [0.2, 0.25) is 0 Å². The molecule has 0 atom stereocenters. The van der Waals surface area contributed by atoms with Crippen LogP contribution in [0.2, 0.25) is 0 Å². The van der Waals surface area contributed by atoms with E-state index in [-0.39, 0.29) is 50.3 Å². The van der Waals surface area contributed by atoms with Crippen LogP contribution in [0.15, 0.2) is 0 Å². The van der Waals surface area contributed by atoms with E-state index in [9.17, 15) is 19.2 Å². The first-order chi connectivity index (χ1) is 45.8. The largest absolute Gasteiger partial charge is 0.463 e. The Kier molecular flexibility index (Phi) is 93.1. The molecule has 0 saturated carbocycles. The number of hydrogen-bond acceptors (Lipinski definition) is 12. The molecule has 0 aliphatic rings. The standard InChI is InChI=1S/C40H78O5.C28H54O5.C13H28S2/c1-3-5-7-9-11-13-15-17-19-21-23-25-27-29-31-33-39(41)44-37-35-43-36-38-45-40(42)34-32-30-28-26-24-22-20-18-16-14-12-10-8-6-4-2;1-3-5-7-9-11-13-15-17-19-21-27(29)32-25-23-31-24-26-33-28(30)22-20-18-16-14-12-10-8-6-4-2;1-3-4-5-6-7-8-9-10-11-12-13-15-14-2/h3-38H2,1-2H3;3-26H2,1-2H3;3-13H2,1-2H3. The lowest BCUT2D eigenvalue weighted by molar-refractivity contribution is -0.148. The van der Waals surface area contributed by atoms with Crippen LogP contribution in [0.4, 0.5) is 0 Å². The predicted octanol–water partition coefficient (Wildman–Crippen LogP) is 26.5. The van der Waals surface area contributed by atoms with Crippen LogP contribution in [0, 0.1) is 0 Å². The minimum atomic E-state index is -0.145. The van der Waals surface area contributed by atoms with Crippen molar-refractivity contribution >= 4 is 45.5 Å². The topological polar surface area (TPSA) is 124 Å². The van der Waals surface area contributed by atoms with Gasteiger partial charge in [0, 0.05) is 31.4 Å². The molecule has 0 aliphatic heterocycles. The van der Waals surface area contributed by atoms with Crippen molar-refractivity contribution in [1.29, 1.82) is 0 Å². The Hall–Kier alpha value is -1.50. The lowest BCUT2D eigenvalue weighted by Crippen LogP contribution is -2.14. The van der Waals surface area contributed by atoms with Crippen LogP contribution in [-0.4, -0.2) is 88.7 Å². The van der Waals surface area contributed by atoms with Crippen molar-refractivity contribution in [2.24, 2.45) is 0 Å². The van der Waals surface area contributed by atoms with Crippen molar-refractivity contribution in [1.82, 2.24) is 0 Å². The smallest absolute Gasteiger partial charge is 0.305 e. The van der Waals surface area contributed by atoms with E-state index in [1.807, 2.05) is 21.6 Å². The fourth-order valence-corrected chi connectivity index (χ4v) is 12.9. The molecule has 0 amide bonds. The minimum Gasteiger partial charge on any atom is -0.463 e. The molecule has 556 valence electrons.